The first-order valence-corrected chi connectivity index (χ1v) is 8.60. The van der Waals surface area contributed by atoms with Gasteiger partial charge in [0.15, 0.2) is 5.69 Å². The molecule has 0 bridgehead atoms. The highest BCUT2D eigenvalue weighted by molar-refractivity contribution is 9.10. The Morgan fingerprint density at radius 2 is 1.68 bits per heavy atom. The Morgan fingerprint density at radius 3 is 2.08 bits per heavy atom. The van der Waals surface area contributed by atoms with Gasteiger partial charge >= 0.3 is 10.9 Å². The maximum Gasteiger partial charge on any atom is 0.416 e. The Bertz CT molecular complexity index is 850. The largest absolute Gasteiger partial charge is 0.416 e. The van der Waals surface area contributed by atoms with Crippen LogP contribution in [0.5, 0.6) is 0 Å². The first-order valence-electron chi connectivity index (χ1n) is 5.86. The van der Waals surface area contributed by atoms with E-state index in [9.17, 15) is 22.0 Å². The summed E-state index contributed by atoms with van der Waals surface area (Å²) in [6.45, 7) is 0. The monoisotopic (exact) mass is 499 g/mol. The number of nitrogens with zero attached hydrogens (tertiary/aromatic N) is 3. The van der Waals surface area contributed by atoms with Crippen LogP contribution in [0, 0.1) is 11.3 Å². The number of aromatic nitrogens is 2. The molecule has 0 saturated carbocycles. The summed E-state index contributed by atoms with van der Waals surface area (Å²) >= 11 is 19.3. The highest BCUT2D eigenvalue weighted by Gasteiger charge is 2.34. The van der Waals surface area contributed by atoms with E-state index in [-0.39, 0.29) is 26.9 Å². The van der Waals surface area contributed by atoms with Crippen LogP contribution in [-0.2, 0) is 6.18 Å². The summed E-state index contributed by atoms with van der Waals surface area (Å²) in [6, 6.07) is 2.79. The lowest BCUT2D eigenvalue weighted by Crippen LogP contribution is -2.07. The number of hydrogen-bond donors (Lipinski definition) is 0. The van der Waals surface area contributed by atoms with Gasteiger partial charge in [-0.1, -0.05) is 23.2 Å². The van der Waals surface area contributed by atoms with Crippen LogP contribution in [0.1, 0.15) is 11.3 Å². The van der Waals surface area contributed by atoms with Crippen LogP contribution >= 0.6 is 62.5 Å². The number of halogens is 9. The Labute approximate surface area is 164 Å². The highest BCUT2D eigenvalue weighted by atomic mass is 79.9. The first kappa shape index (κ1) is 20.6. The molecule has 25 heavy (non-hydrogen) atoms. The average molecular weight is 501 g/mol. The van der Waals surface area contributed by atoms with Crippen molar-refractivity contribution in [2.45, 2.75) is 15.8 Å². The van der Waals surface area contributed by atoms with Crippen LogP contribution in [0.2, 0.25) is 10.0 Å². The van der Waals surface area contributed by atoms with Gasteiger partial charge in [0.25, 0.3) is 0 Å². The second kappa shape index (κ2) is 7.12. The molecule has 0 aliphatic heterocycles. The zero-order valence-corrected chi connectivity index (χ0v) is 16.0. The van der Waals surface area contributed by atoms with Crippen LogP contribution in [0.4, 0.5) is 22.0 Å². The van der Waals surface area contributed by atoms with Crippen molar-refractivity contribution < 1.29 is 22.0 Å². The van der Waals surface area contributed by atoms with Crippen LogP contribution in [-0.4, -0.2) is 14.5 Å². The Morgan fingerprint density at radius 1 is 1.16 bits per heavy atom. The van der Waals surface area contributed by atoms with E-state index in [4.69, 9.17) is 40.1 Å². The third kappa shape index (κ3) is 4.52. The molecule has 0 aliphatic rings. The molecule has 2 rings (SSSR count). The normalized spacial score (nSPS) is 12.3. The van der Waals surface area contributed by atoms with Crippen molar-refractivity contribution in [2.75, 3.05) is 0 Å². The van der Waals surface area contributed by atoms with Crippen molar-refractivity contribution >= 4 is 62.5 Å². The van der Waals surface area contributed by atoms with Crippen molar-refractivity contribution in [2.24, 2.45) is 0 Å². The lowest BCUT2D eigenvalue weighted by Gasteiger charge is -2.13. The fraction of sp³-hybridized carbons (Fsp3) is 0.167. The van der Waals surface area contributed by atoms with Gasteiger partial charge in [0.1, 0.15) is 16.4 Å². The minimum atomic E-state index is -4.69. The lowest BCUT2D eigenvalue weighted by atomic mass is 10.2. The molecule has 0 aliphatic carbocycles. The predicted molar refractivity (Wildman–Crippen MR) is 87.7 cm³/mol. The molecule has 3 nitrogen and oxygen atoms in total. The SMILES string of the molecule is N#Cc1nn(-c2c(Cl)cc(C(F)(F)F)cc2Cl)c(Br)c1SC(F)(F)Cl. The minimum Gasteiger partial charge on any atom is -0.221 e. The quantitative estimate of drug-likeness (QED) is 0.267. The van der Waals surface area contributed by atoms with Crippen molar-refractivity contribution in [3.63, 3.8) is 0 Å². The smallest absolute Gasteiger partial charge is 0.221 e. The van der Waals surface area contributed by atoms with Gasteiger partial charge in [-0.25, -0.2) is 4.68 Å². The van der Waals surface area contributed by atoms with E-state index in [0.717, 1.165) is 4.68 Å². The summed E-state index contributed by atoms with van der Waals surface area (Å²) < 4.78 is 61.3. The van der Waals surface area contributed by atoms with Gasteiger partial charge in [-0.15, -0.1) is 0 Å². The number of thioether (sulfide) groups is 1. The summed E-state index contributed by atoms with van der Waals surface area (Å²) in [5.74, 6) is 0. The topological polar surface area (TPSA) is 41.6 Å². The Hall–Kier alpha value is -0.730. The second-order valence-corrected chi connectivity index (χ2v) is 7.72. The van der Waals surface area contributed by atoms with E-state index >= 15 is 0 Å². The molecule has 134 valence electrons. The van der Waals surface area contributed by atoms with Gasteiger partial charge in [0.05, 0.1) is 20.5 Å². The van der Waals surface area contributed by atoms with Gasteiger partial charge in [-0.2, -0.15) is 32.3 Å². The molecule has 13 heteroatoms. The number of rotatable bonds is 3. The number of alkyl halides is 6. The van der Waals surface area contributed by atoms with Gasteiger partial charge in [-0.05, 0) is 51.4 Å². The van der Waals surface area contributed by atoms with Crippen LogP contribution in [0.3, 0.4) is 0 Å². The van der Waals surface area contributed by atoms with Crippen LogP contribution in [0.25, 0.3) is 5.69 Å². The molecule has 1 aromatic heterocycles. The number of nitriles is 1. The Balaban J connectivity index is 2.66. The van der Waals surface area contributed by atoms with Crippen molar-refractivity contribution in [1.29, 1.82) is 5.26 Å². The molecule has 2 aromatic rings. The molecule has 0 radical (unpaired) electrons. The molecule has 1 aromatic carbocycles. The summed E-state index contributed by atoms with van der Waals surface area (Å²) in [6.07, 6.45) is -4.69. The zero-order chi connectivity index (χ0) is 19.2. The molecule has 0 amide bonds. The number of hydrogen-bond acceptors (Lipinski definition) is 3. The molecule has 1 heterocycles. The highest BCUT2D eigenvalue weighted by Crippen LogP contribution is 2.45. The van der Waals surface area contributed by atoms with Crippen molar-refractivity contribution in [3.05, 3.63) is 38.0 Å². The summed E-state index contributed by atoms with van der Waals surface area (Å²) in [7, 11) is 0. The van der Waals surface area contributed by atoms with E-state index < -0.39 is 32.2 Å². The van der Waals surface area contributed by atoms with E-state index in [2.05, 4.69) is 21.0 Å². The van der Waals surface area contributed by atoms with Crippen molar-refractivity contribution in [1.82, 2.24) is 9.78 Å². The van der Waals surface area contributed by atoms with Crippen LogP contribution < -0.4 is 0 Å². The predicted octanol–water partition coefficient (Wildman–Crippen LogP) is 6.71. The first-order chi connectivity index (χ1) is 11.3. The summed E-state index contributed by atoms with van der Waals surface area (Å²) in [5, 5.41) is 11.9. The molecule has 0 atom stereocenters. The third-order valence-corrected chi connectivity index (χ3v) is 5.29. The van der Waals surface area contributed by atoms with Crippen molar-refractivity contribution in [3.8, 4) is 11.8 Å². The molecule has 0 spiro atoms. The molecule has 0 fully saturated rings. The van der Waals surface area contributed by atoms with Gasteiger partial charge in [0, 0.05) is 0 Å². The molecule has 0 saturated heterocycles. The van der Waals surface area contributed by atoms with Crippen LogP contribution in [0.15, 0.2) is 21.6 Å². The second-order valence-electron chi connectivity index (χ2n) is 4.33. The molecular formula is C12H2BrCl3F5N3S. The van der Waals surface area contributed by atoms with Gasteiger partial charge in [-0.3, -0.25) is 0 Å². The number of benzene rings is 1. The molecule has 0 N–H and O–H groups in total. The van der Waals surface area contributed by atoms with Gasteiger partial charge in [0.2, 0.25) is 0 Å². The van der Waals surface area contributed by atoms with E-state index in [1.807, 2.05) is 0 Å². The zero-order valence-electron chi connectivity index (χ0n) is 11.3. The summed E-state index contributed by atoms with van der Waals surface area (Å²) in [5.41, 5.74) is -1.76. The fourth-order valence-corrected chi connectivity index (χ4v) is 3.89. The third-order valence-electron chi connectivity index (χ3n) is 2.67. The van der Waals surface area contributed by atoms with E-state index in [0.29, 0.717) is 12.1 Å². The molecule has 0 unspecified atom stereocenters. The fourth-order valence-electron chi connectivity index (χ4n) is 1.74. The lowest BCUT2D eigenvalue weighted by molar-refractivity contribution is -0.137. The average Bonchev–Trinajstić information content (AvgIpc) is 2.73. The maximum absolute atomic E-state index is 13.0. The summed E-state index contributed by atoms with van der Waals surface area (Å²) in [4.78, 5) is -0.325. The molecular weight excluding hydrogens is 499 g/mol. The standard InChI is InChI=1S/C12H2BrCl3F5N3S/c13-10-9(25-12(16,20)21)7(3-22)23-24(10)8-5(14)1-4(2-6(8)15)11(17,18)19/h1-2H. The Kier molecular flexibility index (Phi) is 5.86. The van der Waals surface area contributed by atoms with Gasteiger partial charge < -0.3 is 0 Å². The van der Waals surface area contributed by atoms with E-state index in [1.165, 1.54) is 0 Å². The van der Waals surface area contributed by atoms with E-state index in [1.54, 1.807) is 6.07 Å². The maximum atomic E-state index is 13.0. The minimum absolute atomic E-state index is 0.169.